The number of nitrogens with one attached hydrogen (secondary N) is 2. The molecule has 0 aliphatic carbocycles. The third-order valence-corrected chi connectivity index (χ3v) is 8.72. The molecule has 1 fully saturated rings. The van der Waals surface area contributed by atoms with E-state index in [1.54, 1.807) is 38.4 Å². The van der Waals surface area contributed by atoms with Gasteiger partial charge >= 0.3 is 5.97 Å². The lowest BCUT2D eigenvalue weighted by atomic mass is 10.2. The molecular formula is C31H36ClN5O7S. The van der Waals surface area contributed by atoms with Gasteiger partial charge in [0.1, 0.15) is 0 Å². The van der Waals surface area contributed by atoms with Gasteiger partial charge < -0.3 is 25.2 Å². The zero-order chi connectivity index (χ0) is 33.1. The fourth-order valence-corrected chi connectivity index (χ4v) is 5.80. The third kappa shape index (κ3) is 10.0. The van der Waals surface area contributed by atoms with Crippen LogP contribution in [0, 0.1) is 0 Å². The van der Waals surface area contributed by atoms with Crippen molar-refractivity contribution in [3.05, 3.63) is 83.4 Å². The Balaban J connectivity index is 0.00000102. The van der Waals surface area contributed by atoms with Gasteiger partial charge in [-0.05, 0) is 61.5 Å². The van der Waals surface area contributed by atoms with E-state index in [1.807, 2.05) is 30.3 Å². The molecule has 14 heteroatoms. The van der Waals surface area contributed by atoms with E-state index in [2.05, 4.69) is 15.5 Å². The Morgan fingerprint density at radius 2 is 1.47 bits per heavy atom. The molecule has 0 spiro atoms. The predicted octanol–water partition coefficient (Wildman–Crippen LogP) is 3.70. The molecule has 0 bridgehead atoms. The first-order valence-electron chi connectivity index (χ1n) is 13.9. The highest BCUT2D eigenvalue weighted by molar-refractivity contribution is 7.89. The molecule has 45 heavy (non-hydrogen) atoms. The maximum Gasteiger partial charge on any atom is 0.340 e. The number of carbonyl (C=O) groups excluding carboxylic acids is 4. The molecule has 3 aromatic rings. The van der Waals surface area contributed by atoms with Crippen LogP contribution in [0.15, 0.2) is 77.7 Å². The van der Waals surface area contributed by atoms with Crippen molar-refractivity contribution < 1.29 is 32.3 Å². The van der Waals surface area contributed by atoms with Crippen LogP contribution in [0.25, 0.3) is 0 Å². The maximum atomic E-state index is 13.4. The number of carbonyl (C=O) groups is 4. The first-order valence-corrected chi connectivity index (χ1v) is 15.7. The Morgan fingerprint density at radius 1 is 0.911 bits per heavy atom. The summed E-state index contributed by atoms with van der Waals surface area (Å²) in [5.41, 5.74) is 1.86. The molecule has 1 unspecified atom stereocenters. The largest absolute Gasteiger partial charge is 0.449 e. The molecule has 3 amide bonds. The number of sulfonamides is 1. The number of benzene rings is 3. The molecular weight excluding hydrogens is 622 g/mol. The van der Waals surface area contributed by atoms with Crippen molar-refractivity contribution in [3.63, 3.8) is 0 Å². The van der Waals surface area contributed by atoms with Crippen LogP contribution in [0.2, 0.25) is 5.02 Å². The number of amides is 3. The van der Waals surface area contributed by atoms with Gasteiger partial charge in [0.05, 0.1) is 15.5 Å². The van der Waals surface area contributed by atoms with Gasteiger partial charge in [-0.25, -0.2) is 13.2 Å². The van der Waals surface area contributed by atoms with Crippen LogP contribution in [-0.2, 0) is 29.1 Å². The second kappa shape index (κ2) is 16.0. The van der Waals surface area contributed by atoms with Crippen molar-refractivity contribution in [2.24, 2.45) is 0 Å². The molecule has 0 saturated carbocycles. The molecule has 2 N–H and O–H groups in total. The number of para-hydroxylation sites is 1. The van der Waals surface area contributed by atoms with Crippen molar-refractivity contribution >= 4 is 62.9 Å². The number of halogens is 1. The highest BCUT2D eigenvalue weighted by atomic mass is 35.5. The topological polar surface area (TPSA) is 145 Å². The molecule has 3 aromatic carbocycles. The minimum absolute atomic E-state index is 0.000912. The highest BCUT2D eigenvalue weighted by Crippen LogP contribution is 2.26. The summed E-state index contributed by atoms with van der Waals surface area (Å²) in [6, 6.07) is 20.0. The number of nitrogens with zero attached hydrogens (tertiary/aromatic N) is 3. The third-order valence-electron chi connectivity index (χ3n) is 6.49. The molecule has 12 nitrogen and oxygen atoms in total. The second-order valence-electron chi connectivity index (χ2n) is 10.2. The molecule has 1 atom stereocenters. The zero-order valence-corrected chi connectivity index (χ0v) is 27.0. The van der Waals surface area contributed by atoms with Crippen LogP contribution in [0.5, 0.6) is 0 Å². The summed E-state index contributed by atoms with van der Waals surface area (Å²) in [6.45, 7) is 4.38. The molecule has 1 heterocycles. The Hall–Kier alpha value is -4.46. The summed E-state index contributed by atoms with van der Waals surface area (Å²) in [6.07, 6.45) is -0.454. The van der Waals surface area contributed by atoms with Crippen molar-refractivity contribution in [1.29, 1.82) is 0 Å². The van der Waals surface area contributed by atoms with Gasteiger partial charge in [-0.3, -0.25) is 14.4 Å². The number of esters is 1. The van der Waals surface area contributed by atoms with E-state index in [1.165, 1.54) is 41.3 Å². The lowest BCUT2D eigenvalue weighted by Gasteiger charge is -2.35. The van der Waals surface area contributed by atoms with Gasteiger partial charge in [-0.15, -0.1) is 0 Å². The molecule has 240 valence electrons. The van der Waals surface area contributed by atoms with Crippen LogP contribution in [-0.4, -0.2) is 88.2 Å². The lowest BCUT2D eigenvalue weighted by Crippen LogP contribution is -2.48. The number of piperazine rings is 1. The zero-order valence-electron chi connectivity index (χ0n) is 25.4. The maximum absolute atomic E-state index is 13.4. The summed E-state index contributed by atoms with van der Waals surface area (Å²) in [5, 5.41) is 5.24. The Bertz CT molecular complexity index is 1590. The van der Waals surface area contributed by atoms with Gasteiger partial charge in [0.2, 0.25) is 22.3 Å². The minimum atomic E-state index is -3.90. The number of ether oxygens (including phenoxy) is 1. The molecule has 1 saturated heterocycles. The van der Waals surface area contributed by atoms with Crippen LogP contribution in [0.3, 0.4) is 0 Å². The monoisotopic (exact) mass is 657 g/mol. The van der Waals surface area contributed by atoms with E-state index in [9.17, 15) is 27.6 Å². The summed E-state index contributed by atoms with van der Waals surface area (Å²) in [5.74, 6) is -1.75. The van der Waals surface area contributed by atoms with E-state index in [0.29, 0.717) is 24.5 Å². The summed E-state index contributed by atoms with van der Waals surface area (Å²) in [4.78, 5) is 49.5. The number of anilines is 3. The smallest absolute Gasteiger partial charge is 0.340 e. The number of rotatable bonds is 9. The highest BCUT2D eigenvalue weighted by Gasteiger charge is 2.30. The van der Waals surface area contributed by atoms with E-state index in [0.717, 1.165) is 12.1 Å². The number of hydrogen-bond donors (Lipinski definition) is 2. The fourth-order valence-electron chi connectivity index (χ4n) is 4.16. The van der Waals surface area contributed by atoms with Gasteiger partial charge in [0.15, 0.2) is 6.10 Å². The van der Waals surface area contributed by atoms with E-state index in [-0.39, 0.29) is 34.5 Å². The second-order valence-corrected chi connectivity index (χ2v) is 12.6. The summed E-state index contributed by atoms with van der Waals surface area (Å²) in [7, 11) is -0.527. The molecule has 1 aliphatic heterocycles. The van der Waals surface area contributed by atoms with Gasteiger partial charge in [-0.1, -0.05) is 29.8 Å². The summed E-state index contributed by atoms with van der Waals surface area (Å²) < 4.78 is 33.4. The fraction of sp³-hybridized carbons (Fsp3) is 0.290. The Kier molecular flexibility index (Phi) is 12.5. The van der Waals surface area contributed by atoms with Crippen LogP contribution < -0.4 is 15.5 Å². The van der Waals surface area contributed by atoms with Crippen LogP contribution in [0.4, 0.5) is 17.1 Å². The minimum Gasteiger partial charge on any atom is -0.449 e. The van der Waals surface area contributed by atoms with Gasteiger partial charge in [0.25, 0.3) is 5.91 Å². The predicted molar refractivity (Wildman–Crippen MR) is 173 cm³/mol. The average molecular weight is 658 g/mol. The van der Waals surface area contributed by atoms with Gasteiger partial charge in [0, 0.05) is 64.3 Å². The Morgan fingerprint density at radius 3 is 2.00 bits per heavy atom. The summed E-state index contributed by atoms with van der Waals surface area (Å²) >= 11 is 6.21. The first-order chi connectivity index (χ1) is 21.3. The number of hydrogen-bond acceptors (Lipinski definition) is 8. The standard InChI is InChI=1S/C28H29ClN4O6S.C3H7NO/c1-19(27(35)31-22-10-8-21(9-11-22)30-20(2)34)39-28(36)25-18-24(12-13-26(25)29)40(37,38)33-16-14-32(15-17-33)23-6-4-3-5-7-23;1-4(2)3-5/h3-13,18-19H,14-17H2,1-2H3,(H,30,34)(H,31,35);3H,1-2H3. The van der Waals surface area contributed by atoms with Crippen LogP contribution >= 0.6 is 11.6 Å². The van der Waals surface area contributed by atoms with Crippen molar-refractivity contribution in [3.8, 4) is 0 Å². The Labute approximate surface area is 267 Å². The molecule has 4 rings (SSSR count). The average Bonchev–Trinajstić information content (AvgIpc) is 3.02. The quantitative estimate of drug-likeness (QED) is 0.262. The van der Waals surface area contributed by atoms with Crippen molar-refractivity contribution in [1.82, 2.24) is 9.21 Å². The van der Waals surface area contributed by atoms with Crippen LogP contribution in [0.1, 0.15) is 24.2 Å². The van der Waals surface area contributed by atoms with E-state index >= 15 is 0 Å². The molecule has 0 aromatic heterocycles. The lowest BCUT2D eigenvalue weighted by molar-refractivity contribution is -0.123. The van der Waals surface area contributed by atoms with E-state index < -0.39 is 28.0 Å². The SMILES string of the molecule is CC(=O)Nc1ccc(NC(=O)C(C)OC(=O)c2cc(S(=O)(=O)N3CCN(c4ccccc4)CC3)ccc2Cl)cc1.CN(C)C=O. The van der Waals surface area contributed by atoms with Crippen molar-refractivity contribution in [2.45, 2.75) is 24.8 Å². The molecule has 0 radical (unpaired) electrons. The first kappa shape index (κ1) is 35.0. The van der Waals surface area contributed by atoms with E-state index in [4.69, 9.17) is 16.3 Å². The normalized spacial score (nSPS) is 13.8. The molecule has 1 aliphatic rings. The van der Waals surface area contributed by atoms with Gasteiger partial charge in [-0.2, -0.15) is 4.31 Å². The van der Waals surface area contributed by atoms with Crippen molar-refractivity contribution in [2.75, 3.05) is 55.8 Å².